The number of amides is 1. The highest BCUT2D eigenvalue weighted by molar-refractivity contribution is 6.14. The average Bonchev–Trinajstić information content (AvgIpc) is 3.45. The molecule has 1 atom stereocenters. The van der Waals surface area contributed by atoms with Crippen LogP contribution in [0.2, 0.25) is 0 Å². The van der Waals surface area contributed by atoms with Crippen molar-refractivity contribution in [1.82, 2.24) is 4.90 Å². The van der Waals surface area contributed by atoms with Crippen LogP contribution in [-0.4, -0.2) is 28.3 Å². The summed E-state index contributed by atoms with van der Waals surface area (Å²) in [5, 5.41) is 10.8. The molecule has 35 heavy (non-hydrogen) atoms. The first-order valence-electron chi connectivity index (χ1n) is 11.7. The van der Waals surface area contributed by atoms with Gasteiger partial charge in [-0.15, -0.1) is 0 Å². The fourth-order valence-corrected chi connectivity index (χ4v) is 4.00. The van der Waals surface area contributed by atoms with Gasteiger partial charge in [0.1, 0.15) is 11.5 Å². The minimum Gasteiger partial charge on any atom is -0.503 e. The van der Waals surface area contributed by atoms with Crippen LogP contribution in [-0.2, 0) is 16.1 Å². The van der Waals surface area contributed by atoms with E-state index in [0.29, 0.717) is 29.6 Å². The number of carbonyl (C=O) groups is 2. The number of ketones is 1. The molecule has 1 amide bonds. The molecular weight excluding hydrogens is 442 g/mol. The van der Waals surface area contributed by atoms with Gasteiger partial charge in [0.25, 0.3) is 5.91 Å². The number of allylic oxidation sites excluding steroid dienone is 1. The second-order valence-electron chi connectivity index (χ2n) is 8.89. The zero-order valence-electron chi connectivity index (χ0n) is 19.9. The Kier molecular flexibility index (Phi) is 7.51. The predicted octanol–water partition coefficient (Wildman–Crippen LogP) is 5.88. The highest BCUT2D eigenvalue weighted by Crippen LogP contribution is 2.40. The van der Waals surface area contributed by atoms with Crippen LogP contribution < -0.4 is 4.74 Å². The van der Waals surface area contributed by atoms with E-state index in [1.807, 2.05) is 54.6 Å². The van der Waals surface area contributed by atoms with E-state index >= 15 is 0 Å². The molecule has 0 saturated carbocycles. The lowest BCUT2D eigenvalue weighted by Gasteiger charge is -2.26. The summed E-state index contributed by atoms with van der Waals surface area (Å²) in [5.74, 6) is 0.109. The summed E-state index contributed by atoms with van der Waals surface area (Å²) in [6.07, 6.45) is 5.49. The maximum absolute atomic E-state index is 13.3. The number of benzene rings is 2. The van der Waals surface area contributed by atoms with Crippen molar-refractivity contribution in [3.8, 4) is 5.75 Å². The first-order valence-corrected chi connectivity index (χ1v) is 11.7. The number of ether oxygens (including phenoxy) is 1. The highest BCUT2D eigenvalue weighted by atomic mass is 16.5. The summed E-state index contributed by atoms with van der Waals surface area (Å²) >= 11 is 0. The van der Waals surface area contributed by atoms with Gasteiger partial charge in [-0.3, -0.25) is 9.59 Å². The molecule has 6 heteroatoms. The smallest absolute Gasteiger partial charge is 0.290 e. The maximum atomic E-state index is 13.3. The molecule has 1 aliphatic heterocycles. The Morgan fingerprint density at radius 1 is 1.11 bits per heavy atom. The molecule has 180 valence electrons. The largest absolute Gasteiger partial charge is 0.503 e. The number of aliphatic hydroxyl groups is 1. The van der Waals surface area contributed by atoms with Gasteiger partial charge < -0.3 is 19.2 Å². The Labute approximate surface area is 205 Å². The van der Waals surface area contributed by atoms with Crippen LogP contribution in [0.25, 0.3) is 6.08 Å². The van der Waals surface area contributed by atoms with E-state index in [-0.39, 0.29) is 12.1 Å². The fourth-order valence-electron chi connectivity index (χ4n) is 4.00. The van der Waals surface area contributed by atoms with Crippen molar-refractivity contribution in [2.45, 2.75) is 32.9 Å². The number of hydrogen-bond acceptors (Lipinski definition) is 5. The standard InChI is InChI=1S/C29H29NO5/c1-20(2)15-17-35-23-11-6-10-22(18-23)27-26(25(31)14-13-21-8-4-3-5-9-21)28(32)29(33)30(27)19-24-12-7-16-34-24/h3-14,16,18,20,27,32H,15,17,19H2,1-2H3/b14-13+. The van der Waals surface area contributed by atoms with Crippen molar-refractivity contribution < 1.29 is 23.8 Å². The predicted molar refractivity (Wildman–Crippen MR) is 134 cm³/mol. The number of carbonyl (C=O) groups excluding carboxylic acids is 2. The second-order valence-corrected chi connectivity index (χ2v) is 8.89. The van der Waals surface area contributed by atoms with Gasteiger partial charge in [0.15, 0.2) is 11.5 Å². The Morgan fingerprint density at radius 3 is 2.63 bits per heavy atom. The van der Waals surface area contributed by atoms with E-state index in [1.165, 1.54) is 17.2 Å². The number of aliphatic hydroxyl groups excluding tert-OH is 1. The Hall–Kier alpha value is -4.06. The summed E-state index contributed by atoms with van der Waals surface area (Å²) in [6.45, 7) is 4.93. The first-order chi connectivity index (χ1) is 16.9. The summed E-state index contributed by atoms with van der Waals surface area (Å²) in [6, 6.07) is 19.4. The van der Waals surface area contributed by atoms with E-state index in [9.17, 15) is 14.7 Å². The number of nitrogens with zero attached hydrogens (tertiary/aromatic N) is 1. The Balaban J connectivity index is 1.67. The molecule has 0 aliphatic carbocycles. The molecule has 6 nitrogen and oxygen atoms in total. The molecule has 0 spiro atoms. The number of furan rings is 1. The van der Waals surface area contributed by atoms with Gasteiger partial charge in [-0.1, -0.05) is 62.4 Å². The lowest BCUT2D eigenvalue weighted by Crippen LogP contribution is -2.30. The van der Waals surface area contributed by atoms with Crippen molar-refractivity contribution in [2.75, 3.05) is 6.61 Å². The quantitative estimate of drug-likeness (QED) is 0.373. The van der Waals surface area contributed by atoms with Crippen LogP contribution in [0.3, 0.4) is 0 Å². The van der Waals surface area contributed by atoms with Gasteiger partial charge in [0.05, 0.1) is 31.0 Å². The van der Waals surface area contributed by atoms with Crippen LogP contribution in [0.1, 0.15) is 43.2 Å². The minimum absolute atomic E-state index is 0.0352. The summed E-state index contributed by atoms with van der Waals surface area (Å²) in [4.78, 5) is 27.9. The maximum Gasteiger partial charge on any atom is 0.290 e. The molecule has 0 radical (unpaired) electrons. The molecule has 1 aliphatic rings. The van der Waals surface area contributed by atoms with Gasteiger partial charge in [-0.05, 0) is 53.8 Å². The van der Waals surface area contributed by atoms with Crippen LogP contribution >= 0.6 is 0 Å². The van der Waals surface area contributed by atoms with E-state index in [0.717, 1.165) is 12.0 Å². The molecule has 0 saturated heterocycles. The van der Waals surface area contributed by atoms with Crippen molar-refractivity contribution in [3.05, 3.63) is 107 Å². The van der Waals surface area contributed by atoms with Gasteiger partial charge in [-0.2, -0.15) is 0 Å². The third-order valence-corrected chi connectivity index (χ3v) is 5.84. The average molecular weight is 472 g/mol. The van der Waals surface area contributed by atoms with Gasteiger partial charge >= 0.3 is 0 Å². The van der Waals surface area contributed by atoms with E-state index in [2.05, 4.69) is 13.8 Å². The number of hydrogen-bond donors (Lipinski definition) is 1. The molecule has 1 aromatic heterocycles. The lowest BCUT2D eigenvalue weighted by molar-refractivity contribution is -0.130. The molecule has 3 aromatic rings. The molecular formula is C29H29NO5. The SMILES string of the molecule is CC(C)CCOc1cccc(C2C(C(=O)/C=C/c3ccccc3)=C(O)C(=O)N2Cc2ccco2)c1. The van der Waals surface area contributed by atoms with E-state index in [1.54, 1.807) is 18.2 Å². The van der Waals surface area contributed by atoms with Gasteiger partial charge in [0, 0.05) is 0 Å². The van der Waals surface area contributed by atoms with Crippen molar-refractivity contribution in [2.24, 2.45) is 5.92 Å². The van der Waals surface area contributed by atoms with Crippen LogP contribution in [0.5, 0.6) is 5.75 Å². The topological polar surface area (TPSA) is 80.0 Å². The van der Waals surface area contributed by atoms with Crippen LogP contribution in [0.4, 0.5) is 0 Å². The molecule has 0 fully saturated rings. The third kappa shape index (κ3) is 5.72. The third-order valence-electron chi connectivity index (χ3n) is 5.84. The normalized spacial score (nSPS) is 16.0. The summed E-state index contributed by atoms with van der Waals surface area (Å²) in [7, 11) is 0. The van der Waals surface area contributed by atoms with E-state index < -0.39 is 23.5 Å². The van der Waals surface area contributed by atoms with Gasteiger partial charge in [0.2, 0.25) is 0 Å². The number of rotatable bonds is 10. The second kappa shape index (κ2) is 10.9. The summed E-state index contributed by atoms with van der Waals surface area (Å²) in [5.41, 5.74) is 1.55. The fraction of sp³-hybridized carbons (Fsp3) is 0.241. The lowest BCUT2D eigenvalue weighted by atomic mass is 9.95. The molecule has 1 unspecified atom stereocenters. The monoisotopic (exact) mass is 471 g/mol. The van der Waals surface area contributed by atoms with Crippen molar-refractivity contribution in [3.63, 3.8) is 0 Å². The zero-order valence-corrected chi connectivity index (χ0v) is 19.9. The Bertz CT molecular complexity index is 1220. The van der Waals surface area contributed by atoms with E-state index in [4.69, 9.17) is 9.15 Å². The molecule has 4 rings (SSSR count). The highest BCUT2D eigenvalue weighted by Gasteiger charge is 2.43. The van der Waals surface area contributed by atoms with Crippen molar-refractivity contribution in [1.29, 1.82) is 0 Å². The van der Waals surface area contributed by atoms with Crippen molar-refractivity contribution >= 4 is 17.8 Å². The summed E-state index contributed by atoms with van der Waals surface area (Å²) < 4.78 is 11.4. The molecule has 2 heterocycles. The molecule has 2 aromatic carbocycles. The van der Waals surface area contributed by atoms with Gasteiger partial charge in [-0.25, -0.2) is 0 Å². The van der Waals surface area contributed by atoms with Crippen LogP contribution in [0.15, 0.2) is 94.8 Å². The Morgan fingerprint density at radius 2 is 1.91 bits per heavy atom. The first kappa shape index (κ1) is 24.1. The molecule has 1 N–H and O–H groups in total. The van der Waals surface area contributed by atoms with Crippen LogP contribution in [0, 0.1) is 5.92 Å². The zero-order chi connectivity index (χ0) is 24.8. The molecule has 0 bridgehead atoms. The minimum atomic E-state index is -0.783.